The molecule has 2 aliphatic rings. The summed E-state index contributed by atoms with van der Waals surface area (Å²) >= 11 is 0. The zero-order valence-corrected chi connectivity index (χ0v) is 16.2. The predicted molar refractivity (Wildman–Crippen MR) is 98.0 cm³/mol. The van der Waals surface area contributed by atoms with Gasteiger partial charge in [0, 0.05) is 32.6 Å². The van der Waals surface area contributed by atoms with Gasteiger partial charge in [0.1, 0.15) is 11.8 Å². The third kappa shape index (κ3) is 4.25. The number of hydrogen-bond donors (Lipinski definition) is 2. The Bertz CT molecular complexity index is 862. The van der Waals surface area contributed by atoms with Crippen molar-refractivity contribution in [3.63, 3.8) is 0 Å². The number of rotatable bonds is 6. The largest absolute Gasteiger partial charge is 0.497 e. The average molecular weight is 410 g/mol. The fourth-order valence-corrected chi connectivity index (χ4v) is 4.58. The molecule has 1 aromatic rings. The lowest BCUT2D eigenvalue weighted by Gasteiger charge is -2.34. The van der Waals surface area contributed by atoms with Crippen LogP contribution in [0, 0.1) is 0 Å². The molecule has 4 amide bonds. The summed E-state index contributed by atoms with van der Waals surface area (Å²) in [5, 5.41) is 4.57. The summed E-state index contributed by atoms with van der Waals surface area (Å²) in [6.45, 7) is 0.941. The molecule has 2 N–H and O–H groups in total. The van der Waals surface area contributed by atoms with Gasteiger partial charge in [-0.1, -0.05) is 0 Å². The van der Waals surface area contributed by atoms with Gasteiger partial charge in [0.25, 0.3) is 5.91 Å². The summed E-state index contributed by atoms with van der Waals surface area (Å²) in [5.74, 6) is -0.0369. The van der Waals surface area contributed by atoms with Gasteiger partial charge in [-0.15, -0.1) is 0 Å². The number of piperazine rings is 1. The lowest BCUT2D eigenvalue weighted by Crippen LogP contribution is -2.50. The maximum Gasteiger partial charge on any atom is 0.322 e. The molecule has 11 heteroatoms. The van der Waals surface area contributed by atoms with Gasteiger partial charge in [-0.3, -0.25) is 14.9 Å². The molecule has 1 aromatic carbocycles. The van der Waals surface area contributed by atoms with E-state index in [-0.39, 0.29) is 49.8 Å². The average Bonchev–Trinajstić information content (AvgIpc) is 3.03. The van der Waals surface area contributed by atoms with Crippen LogP contribution in [0.2, 0.25) is 0 Å². The molecule has 2 heterocycles. The first-order valence-corrected chi connectivity index (χ1v) is 10.3. The van der Waals surface area contributed by atoms with Crippen molar-refractivity contribution >= 4 is 27.9 Å². The van der Waals surface area contributed by atoms with Crippen molar-refractivity contribution < 1.29 is 27.5 Å². The Morgan fingerprint density at radius 2 is 1.79 bits per heavy atom. The topological polar surface area (TPSA) is 125 Å². The lowest BCUT2D eigenvalue weighted by molar-refractivity contribution is -0.132. The number of nitrogens with zero attached hydrogens (tertiary/aromatic N) is 2. The SMILES string of the molecule is COc1ccc(S(=O)(=O)N2CCN(C(=O)CC[C@@H]3NC(=O)NC3=O)CC2)cc1. The van der Waals surface area contributed by atoms with Crippen LogP contribution >= 0.6 is 0 Å². The van der Waals surface area contributed by atoms with Crippen LogP contribution in [0.15, 0.2) is 29.2 Å². The van der Waals surface area contributed by atoms with Gasteiger partial charge >= 0.3 is 6.03 Å². The van der Waals surface area contributed by atoms with Crippen molar-refractivity contribution in [2.75, 3.05) is 33.3 Å². The Labute approximate surface area is 162 Å². The molecule has 0 saturated carbocycles. The van der Waals surface area contributed by atoms with E-state index in [4.69, 9.17) is 4.74 Å². The first-order valence-electron chi connectivity index (χ1n) is 8.84. The number of nitrogens with one attached hydrogen (secondary N) is 2. The molecular formula is C17H22N4O6S. The molecule has 152 valence electrons. The highest BCUT2D eigenvalue weighted by Crippen LogP contribution is 2.21. The zero-order valence-electron chi connectivity index (χ0n) is 15.4. The van der Waals surface area contributed by atoms with E-state index in [9.17, 15) is 22.8 Å². The van der Waals surface area contributed by atoms with E-state index in [0.29, 0.717) is 5.75 Å². The normalized spacial score (nSPS) is 20.6. The van der Waals surface area contributed by atoms with Crippen LogP contribution in [0.3, 0.4) is 0 Å². The molecule has 2 fully saturated rings. The van der Waals surface area contributed by atoms with Crippen LogP contribution < -0.4 is 15.4 Å². The van der Waals surface area contributed by atoms with Crippen LogP contribution in [0.1, 0.15) is 12.8 Å². The minimum Gasteiger partial charge on any atom is -0.497 e. The van der Waals surface area contributed by atoms with Crippen LogP contribution in [-0.4, -0.2) is 74.8 Å². The second-order valence-corrected chi connectivity index (χ2v) is 8.45. The Balaban J connectivity index is 1.52. The van der Waals surface area contributed by atoms with Crippen LogP contribution in [0.5, 0.6) is 5.75 Å². The van der Waals surface area contributed by atoms with Gasteiger partial charge < -0.3 is 15.0 Å². The van der Waals surface area contributed by atoms with Gasteiger partial charge in [0.05, 0.1) is 12.0 Å². The molecule has 0 radical (unpaired) electrons. The van der Waals surface area contributed by atoms with E-state index in [0.717, 1.165) is 0 Å². The van der Waals surface area contributed by atoms with Crippen LogP contribution in [0.4, 0.5) is 4.79 Å². The van der Waals surface area contributed by atoms with Crippen molar-refractivity contribution in [1.82, 2.24) is 19.8 Å². The molecular weight excluding hydrogens is 388 g/mol. The van der Waals surface area contributed by atoms with E-state index in [1.54, 1.807) is 17.0 Å². The van der Waals surface area contributed by atoms with Gasteiger partial charge in [-0.2, -0.15) is 4.31 Å². The van der Waals surface area contributed by atoms with Gasteiger partial charge in [0.2, 0.25) is 15.9 Å². The number of carbonyl (C=O) groups is 3. The molecule has 0 aliphatic carbocycles. The molecule has 0 unspecified atom stereocenters. The second-order valence-electron chi connectivity index (χ2n) is 6.51. The maximum atomic E-state index is 12.7. The molecule has 0 spiro atoms. The quantitative estimate of drug-likeness (QED) is 0.610. The summed E-state index contributed by atoms with van der Waals surface area (Å²) < 4.78 is 31.8. The highest BCUT2D eigenvalue weighted by atomic mass is 32.2. The number of hydrogen-bond acceptors (Lipinski definition) is 6. The van der Waals surface area contributed by atoms with E-state index < -0.39 is 28.0 Å². The number of benzene rings is 1. The Morgan fingerprint density at radius 1 is 1.14 bits per heavy atom. The molecule has 1 atom stereocenters. The first kappa shape index (κ1) is 20.1. The predicted octanol–water partition coefficient (Wildman–Crippen LogP) is -0.484. The Kier molecular flexibility index (Phi) is 5.84. The number of carbonyl (C=O) groups excluding carboxylic acids is 3. The highest BCUT2D eigenvalue weighted by molar-refractivity contribution is 7.89. The number of methoxy groups -OCH3 is 1. The summed E-state index contributed by atoms with van der Waals surface area (Å²) in [6.07, 6.45) is 0.310. The van der Waals surface area contributed by atoms with Crippen LogP contribution in [-0.2, 0) is 19.6 Å². The monoisotopic (exact) mass is 410 g/mol. The Morgan fingerprint density at radius 3 is 2.32 bits per heavy atom. The lowest BCUT2D eigenvalue weighted by atomic mass is 10.1. The zero-order chi connectivity index (χ0) is 20.3. The third-order valence-corrected chi connectivity index (χ3v) is 6.71. The van der Waals surface area contributed by atoms with Gasteiger partial charge in [-0.25, -0.2) is 13.2 Å². The number of urea groups is 1. The summed E-state index contributed by atoms with van der Waals surface area (Å²) in [5.41, 5.74) is 0. The van der Waals surface area contributed by atoms with E-state index in [2.05, 4.69) is 10.6 Å². The molecule has 28 heavy (non-hydrogen) atoms. The standard InChI is InChI=1S/C17H22N4O6S/c1-27-12-2-4-13(5-3-12)28(25,26)21-10-8-20(9-11-21)15(22)7-6-14-16(23)19-17(24)18-14/h2-5,14H,6-11H2,1H3,(H2,18,19,23,24)/t14-/m0/s1. The van der Waals surface area contributed by atoms with Crippen molar-refractivity contribution in [3.05, 3.63) is 24.3 Å². The molecule has 0 bridgehead atoms. The van der Waals surface area contributed by atoms with E-state index >= 15 is 0 Å². The summed E-state index contributed by atoms with van der Waals surface area (Å²) in [7, 11) is -2.13. The molecule has 0 aromatic heterocycles. The second kappa shape index (κ2) is 8.15. The number of ether oxygens (including phenoxy) is 1. The highest BCUT2D eigenvalue weighted by Gasteiger charge is 2.32. The van der Waals surface area contributed by atoms with E-state index in [1.165, 1.54) is 23.5 Å². The van der Waals surface area contributed by atoms with Crippen molar-refractivity contribution in [2.24, 2.45) is 0 Å². The van der Waals surface area contributed by atoms with Crippen molar-refractivity contribution in [2.45, 2.75) is 23.8 Å². The summed E-state index contributed by atoms with van der Waals surface area (Å²) in [4.78, 5) is 36.7. The van der Waals surface area contributed by atoms with E-state index in [1.807, 2.05) is 0 Å². The Hall–Kier alpha value is -2.66. The first-order chi connectivity index (χ1) is 13.3. The van der Waals surface area contributed by atoms with Crippen molar-refractivity contribution in [1.29, 1.82) is 0 Å². The molecule has 2 saturated heterocycles. The summed E-state index contributed by atoms with van der Waals surface area (Å²) in [6, 6.07) is 4.90. The smallest absolute Gasteiger partial charge is 0.322 e. The fraction of sp³-hybridized carbons (Fsp3) is 0.471. The minimum absolute atomic E-state index is 0.101. The van der Waals surface area contributed by atoms with Gasteiger partial charge in [0.15, 0.2) is 0 Å². The molecule has 2 aliphatic heterocycles. The van der Waals surface area contributed by atoms with Crippen LogP contribution in [0.25, 0.3) is 0 Å². The van der Waals surface area contributed by atoms with Crippen molar-refractivity contribution in [3.8, 4) is 5.75 Å². The minimum atomic E-state index is -3.64. The number of imide groups is 1. The number of sulfonamides is 1. The fourth-order valence-electron chi connectivity index (χ4n) is 3.16. The molecule has 10 nitrogen and oxygen atoms in total. The maximum absolute atomic E-state index is 12.7. The number of amides is 4. The third-order valence-electron chi connectivity index (χ3n) is 4.79. The van der Waals surface area contributed by atoms with Gasteiger partial charge in [-0.05, 0) is 30.7 Å². The molecule has 3 rings (SSSR count).